The van der Waals surface area contributed by atoms with Gasteiger partial charge < -0.3 is 10.8 Å². The van der Waals surface area contributed by atoms with Crippen LogP contribution in [0.5, 0.6) is 0 Å². The summed E-state index contributed by atoms with van der Waals surface area (Å²) in [7, 11) is -3.65. The Hall–Kier alpha value is -1.93. The number of rotatable bonds is 5. The maximum atomic E-state index is 12.3. The van der Waals surface area contributed by atoms with Gasteiger partial charge in [-0.25, -0.2) is 8.42 Å². The van der Waals surface area contributed by atoms with Crippen molar-refractivity contribution in [3.8, 4) is 0 Å². The summed E-state index contributed by atoms with van der Waals surface area (Å²) in [5.74, 6) is -2.31. The number of nitrogens with zero attached hydrogens (tertiary/aromatic N) is 1. The molecule has 3 N–H and O–H groups in total. The summed E-state index contributed by atoms with van der Waals surface area (Å²) in [5, 5.41) is 8.89. The third kappa shape index (κ3) is 2.91. The van der Waals surface area contributed by atoms with Gasteiger partial charge in [-0.3, -0.25) is 9.59 Å². The molecule has 1 aliphatic heterocycles. The highest BCUT2D eigenvalue weighted by Crippen LogP contribution is 2.29. The molecule has 1 aromatic rings. The molecule has 1 amide bonds. The van der Waals surface area contributed by atoms with Crippen LogP contribution in [0, 0.1) is 11.8 Å². The second kappa shape index (κ2) is 5.45. The minimum Gasteiger partial charge on any atom is -0.481 e. The number of sulfonamides is 1. The molecule has 1 unspecified atom stereocenters. The van der Waals surface area contributed by atoms with Crippen LogP contribution in [0.25, 0.3) is 0 Å². The summed E-state index contributed by atoms with van der Waals surface area (Å²) in [6, 6.07) is 5.35. The summed E-state index contributed by atoms with van der Waals surface area (Å²) >= 11 is 0. The Morgan fingerprint density at radius 3 is 2.24 bits per heavy atom. The van der Waals surface area contributed by atoms with Gasteiger partial charge >= 0.3 is 5.97 Å². The highest BCUT2D eigenvalue weighted by atomic mass is 32.2. The molecule has 1 heterocycles. The van der Waals surface area contributed by atoms with Crippen LogP contribution < -0.4 is 5.73 Å². The first kappa shape index (κ1) is 15.5. The fraction of sp³-hybridized carbons (Fsp3) is 0.385. The van der Waals surface area contributed by atoms with Crippen LogP contribution in [0.15, 0.2) is 29.2 Å². The van der Waals surface area contributed by atoms with Gasteiger partial charge in [0.05, 0.1) is 10.8 Å². The molecular weight excluding hydrogens is 296 g/mol. The number of aliphatic carboxylic acids is 1. The number of carboxylic acid groups (broad SMARTS) is 1. The first-order chi connectivity index (χ1) is 9.73. The second-order valence-corrected chi connectivity index (χ2v) is 7.04. The van der Waals surface area contributed by atoms with Gasteiger partial charge in [-0.1, -0.05) is 6.92 Å². The van der Waals surface area contributed by atoms with Crippen molar-refractivity contribution >= 4 is 21.9 Å². The Bertz CT molecular complexity index is 662. The van der Waals surface area contributed by atoms with Gasteiger partial charge in [0.25, 0.3) is 0 Å². The Kier molecular flexibility index (Phi) is 4.02. The quantitative estimate of drug-likeness (QED) is 0.801. The summed E-state index contributed by atoms with van der Waals surface area (Å²) in [6.07, 6.45) is 0. The zero-order valence-electron chi connectivity index (χ0n) is 11.4. The normalized spacial score (nSPS) is 18.0. The first-order valence-corrected chi connectivity index (χ1v) is 7.80. The zero-order chi connectivity index (χ0) is 15.8. The minimum absolute atomic E-state index is 0.0638. The molecule has 0 spiro atoms. The van der Waals surface area contributed by atoms with E-state index in [9.17, 15) is 18.0 Å². The van der Waals surface area contributed by atoms with Crippen LogP contribution in [-0.2, 0) is 14.8 Å². The number of nitrogens with two attached hydrogens (primary N) is 1. The third-order valence-electron chi connectivity index (χ3n) is 3.75. The fourth-order valence-electron chi connectivity index (χ4n) is 2.12. The largest absolute Gasteiger partial charge is 0.481 e. The highest BCUT2D eigenvalue weighted by molar-refractivity contribution is 7.89. The van der Waals surface area contributed by atoms with E-state index in [1.807, 2.05) is 0 Å². The van der Waals surface area contributed by atoms with Gasteiger partial charge in [0.1, 0.15) is 0 Å². The molecule has 7 nitrogen and oxygen atoms in total. The van der Waals surface area contributed by atoms with Crippen molar-refractivity contribution in [2.75, 3.05) is 13.1 Å². The second-order valence-electron chi connectivity index (χ2n) is 5.10. The highest BCUT2D eigenvalue weighted by Gasteiger charge is 2.41. The Morgan fingerprint density at radius 2 is 1.81 bits per heavy atom. The molecular formula is C13H16N2O5S. The summed E-state index contributed by atoms with van der Waals surface area (Å²) in [6.45, 7) is 1.94. The van der Waals surface area contributed by atoms with E-state index in [1.165, 1.54) is 28.6 Å². The van der Waals surface area contributed by atoms with Gasteiger partial charge in [0, 0.05) is 18.7 Å². The number of amides is 1. The summed E-state index contributed by atoms with van der Waals surface area (Å²) in [5.41, 5.74) is 5.33. The molecule has 2 rings (SSSR count). The van der Waals surface area contributed by atoms with Crippen LogP contribution in [0.4, 0.5) is 0 Å². The summed E-state index contributed by atoms with van der Waals surface area (Å²) in [4.78, 5) is 21.9. The predicted octanol–water partition coefficient (Wildman–Crippen LogP) is 0.127. The first-order valence-electron chi connectivity index (χ1n) is 6.36. The number of hydrogen-bond acceptors (Lipinski definition) is 4. The molecule has 1 saturated heterocycles. The van der Waals surface area contributed by atoms with Crippen LogP contribution in [-0.4, -0.2) is 42.8 Å². The lowest BCUT2D eigenvalue weighted by Crippen LogP contribution is -2.53. The zero-order valence-corrected chi connectivity index (χ0v) is 12.2. The third-order valence-corrected chi connectivity index (χ3v) is 5.60. The molecule has 0 bridgehead atoms. The molecule has 0 aromatic heterocycles. The standard InChI is InChI=1S/C13H16N2O5S/c1-8(13(17)18)10-6-15(7-10)21(19,20)11-4-2-9(3-5-11)12(14)16/h2-5,8,10H,6-7H2,1H3,(H2,14,16)(H,17,18). The van der Waals surface area contributed by atoms with E-state index in [-0.39, 0.29) is 29.5 Å². The van der Waals surface area contributed by atoms with Crippen molar-refractivity contribution < 1.29 is 23.1 Å². The number of carbonyl (C=O) groups excluding carboxylic acids is 1. The van der Waals surface area contributed by atoms with Crippen LogP contribution in [0.3, 0.4) is 0 Å². The maximum absolute atomic E-state index is 12.3. The molecule has 114 valence electrons. The minimum atomic E-state index is -3.65. The van der Waals surface area contributed by atoms with Crippen molar-refractivity contribution in [3.63, 3.8) is 0 Å². The van der Waals surface area contributed by atoms with Crippen molar-refractivity contribution in [2.24, 2.45) is 17.6 Å². The van der Waals surface area contributed by atoms with E-state index < -0.39 is 27.8 Å². The fourth-order valence-corrected chi connectivity index (χ4v) is 3.68. The van der Waals surface area contributed by atoms with Crippen molar-refractivity contribution in [1.82, 2.24) is 4.31 Å². The molecule has 1 atom stereocenters. The number of carbonyl (C=O) groups is 2. The lowest BCUT2D eigenvalue weighted by molar-refractivity contribution is -0.144. The molecule has 0 radical (unpaired) electrons. The van der Waals surface area contributed by atoms with Crippen LogP contribution in [0.2, 0.25) is 0 Å². The van der Waals surface area contributed by atoms with E-state index >= 15 is 0 Å². The van der Waals surface area contributed by atoms with Gasteiger partial charge in [-0.15, -0.1) is 0 Å². The van der Waals surface area contributed by atoms with E-state index in [0.717, 1.165) is 0 Å². The molecule has 0 aliphatic carbocycles. The molecule has 1 aliphatic rings. The summed E-state index contributed by atoms with van der Waals surface area (Å²) < 4.78 is 25.8. The Morgan fingerprint density at radius 1 is 1.29 bits per heavy atom. The Labute approximate surface area is 122 Å². The average Bonchev–Trinajstić information content (AvgIpc) is 2.36. The number of benzene rings is 1. The number of carboxylic acids is 1. The van der Waals surface area contributed by atoms with Gasteiger partial charge in [-0.05, 0) is 30.2 Å². The van der Waals surface area contributed by atoms with Gasteiger partial charge in [0.2, 0.25) is 15.9 Å². The van der Waals surface area contributed by atoms with Gasteiger partial charge in [0.15, 0.2) is 0 Å². The van der Waals surface area contributed by atoms with Crippen molar-refractivity contribution in [3.05, 3.63) is 29.8 Å². The predicted molar refractivity (Wildman–Crippen MR) is 74.0 cm³/mol. The molecule has 8 heteroatoms. The maximum Gasteiger partial charge on any atom is 0.306 e. The number of primary amides is 1. The van der Waals surface area contributed by atoms with E-state index in [4.69, 9.17) is 10.8 Å². The van der Waals surface area contributed by atoms with Crippen LogP contribution >= 0.6 is 0 Å². The van der Waals surface area contributed by atoms with Crippen molar-refractivity contribution in [2.45, 2.75) is 11.8 Å². The lowest BCUT2D eigenvalue weighted by atomic mass is 9.89. The molecule has 21 heavy (non-hydrogen) atoms. The molecule has 0 saturated carbocycles. The van der Waals surface area contributed by atoms with Gasteiger partial charge in [-0.2, -0.15) is 4.31 Å². The smallest absolute Gasteiger partial charge is 0.306 e. The molecule has 1 fully saturated rings. The van der Waals surface area contributed by atoms with Crippen molar-refractivity contribution in [1.29, 1.82) is 0 Å². The monoisotopic (exact) mass is 312 g/mol. The topological polar surface area (TPSA) is 118 Å². The van der Waals surface area contributed by atoms with E-state index in [1.54, 1.807) is 6.92 Å². The van der Waals surface area contributed by atoms with E-state index in [2.05, 4.69) is 0 Å². The Balaban J connectivity index is 2.10. The lowest BCUT2D eigenvalue weighted by Gasteiger charge is -2.39. The average molecular weight is 312 g/mol. The molecule has 1 aromatic carbocycles. The number of hydrogen-bond donors (Lipinski definition) is 2. The SMILES string of the molecule is CC(C(=O)O)C1CN(S(=O)(=O)c2ccc(C(N)=O)cc2)C1. The van der Waals surface area contributed by atoms with Crippen LogP contribution in [0.1, 0.15) is 17.3 Å². The van der Waals surface area contributed by atoms with E-state index in [0.29, 0.717) is 0 Å².